The number of methoxy groups -OCH3 is 1. The summed E-state index contributed by atoms with van der Waals surface area (Å²) in [4.78, 5) is 16.8. The van der Waals surface area contributed by atoms with E-state index in [9.17, 15) is 4.79 Å². The first-order valence-corrected chi connectivity index (χ1v) is 7.22. The Bertz CT molecular complexity index is 1090. The number of aromatic nitrogens is 2. The third kappa shape index (κ3) is 2.26. The van der Waals surface area contributed by atoms with Crippen molar-refractivity contribution in [1.82, 2.24) is 9.38 Å². The van der Waals surface area contributed by atoms with Gasteiger partial charge in [-0.3, -0.25) is 0 Å². The topological polar surface area (TPSA) is 56.7 Å². The summed E-state index contributed by atoms with van der Waals surface area (Å²) in [5.41, 5.74) is 3.07. The second-order valence-electron chi connectivity index (χ2n) is 5.45. The highest BCUT2D eigenvalue weighted by atomic mass is 16.5. The van der Waals surface area contributed by atoms with Crippen LogP contribution in [0.2, 0.25) is 0 Å². The van der Waals surface area contributed by atoms with Gasteiger partial charge in [-0.1, -0.05) is 6.07 Å². The molecule has 0 saturated heterocycles. The van der Waals surface area contributed by atoms with Crippen LogP contribution in [-0.4, -0.2) is 16.5 Å². The largest absolute Gasteiger partial charge is 0.497 e. The molecule has 0 fully saturated rings. The molecule has 4 rings (SSSR count). The summed E-state index contributed by atoms with van der Waals surface area (Å²) in [7, 11) is 1.60. The molecule has 4 aromatic rings. The Morgan fingerprint density at radius 1 is 1.13 bits per heavy atom. The van der Waals surface area contributed by atoms with Gasteiger partial charge < -0.3 is 13.6 Å². The van der Waals surface area contributed by atoms with Crippen molar-refractivity contribution >= 4 is 16.6 Å². The van der Waals surface area contributed by atoms with Crippen LogP contribution in [-0.2, 0) is 0 Å². The van der Waals surface area contributed by atoms with Crippen molar-refractivity contribution in [2.75, 3.05) is 7.11 Å². The molecular weight excluding hydrogens is 292 g/mol. The van der Waals surface area contributed by atoms with E-state index in [4.69, 9.17) is 9.15 Å². The molecule has 0 aliphatic rings. The monoisotopic (exact) mass is 306 g/mol. The molecule has 0 saturated carbocycles. The molecule has 0 amide bonds. The van der Waals surface area contributed by atoms with Gasteiger partial charge in [0.1, 0.15) is 17.0 Å². The molecule has 3 heterocycles. The van der Waals surface area contributed by atoms with E-state index in [0.717, 1.165) is 16.6 Å². The second kappa shape index (κ2) is 4.98. The lowest BCUT2D eigenvalue weighted by Gasteiger charge is -2.02. The molecule has 3 aromatic heterocycles. The van der Waals surface area contributed by atoms with Crippen molar-refractivity contribution in [3.63, 3.8) is 0 Å². The lowest BCUT2D eigenvalue weighted by Crippen LogP contribution is -2.02. The van der Waals surface area contributed by atoms with Crippen LogP contribution >= 0.6 is 0 Å². The average molecular weight is 306 g/mol. The van der Waals surface area contributed by atoms with Gasteiger partial charge in [-0.05, 0) is 42.8 Å². The first-order chi connectivity index (χ1) is 11.1. The number of nitrogens with zero attached hydrogens (tertiary/aromatic N) is 2. The first kappa shape index (κ1) is 13.6. The number of pyridine rings is 1. The molecule has 0 unspecified atom stereocenters. The highest BCUT2D eigenvalue weighted by Crippen LogP contribution is 2.24. The molecule has 0 N–H and O–H groups in total. The average Bonchev–Trinajstić information content (AvgIpc) is 2.96. The Morgan fingerprint density at radius 2 is 2.00 bits per heavy atom. The summed E-state index contributed by atoms with van der Waals surface area (Å²) in [5.74, 6) is 0.711. The van der Waals surface area contributed by atoms with E-state index in [-0.39, 0.29) is 0 Å². The number of ether oxygens (including phenoxy) is 1. The fourth-order valence-corrected chi connectivity index (χ4v) is 2.64. The quantitative estimate of drug-likeness (QED) is 0.532. The van der Waals surface area contributed by atoms with Gasteiger partial charge in [0.2, 0.25) is 0 Å². The summed E-state index contributed by atoms with van der Waals surface area (Å²) < 4.78 is 12.5. The lowest BCUT2D eigenvalue weighted by atomic mass is 10.1. The van der Waals surface area contributed by atoms with E-state index in [0.29, 0.717) is 22.6 Å². The van der Waals surface area contributed by atoms with Crippen LogP contribution in [0, 0.1) is 6.92 Å². The molecule has 0 atom stereocenters. The number of hydrogen-bond donors (Lipinski definition) is 0. The maximum atomic E-state index is 12.3. The number of benzene rings is 1. The summed E-state index contributed by atoms with van der Waals surface area (Å²) in [6.07, 6.45) is 3.80. The minimum atomic E-state index is -0.400. The number of rotatable bonds is 2. The van der Waals surface area contributed by atoms with Gasteiger partial charge in [-0.2, -0.15) is 0 Å². The predicted molar refractivity (Wildman–Crippen MR) is 88.0 cm³/mol. The number of hydrogen-bond acceptors (Lipinski definition) is 4. The lowest BCUT2D eigenvalue weighted by molar-refractivity contribution is 0.415. The summed E-state index contributed by atoms with van der Waals surface area (Å²) in [6, 6.07) is 11.0. The van der Waals surface area contributed by atoms with Crippen LogP contribution in [0.3, 0.4) is 0 Å². The zero-order valence-corrected chi connectivity index (χ0v) is 12.7. The van der Waals surface area contributed by atoms with E-state index in [1.54, 1.807) is 25.3 Å². The molecule has 114 valence electrons. The van der Waals surface area contributed by atoms with Crippen LogP contribution in [0.5, 0.6) is 5.75 Å². The normalized spacial score (nSPS) is 11.2. The van der Waals surface area contributed by atoms with E-state index in [1.165, 1.54) is 0 Å². The van der Waals surface area contributed by atoms with Crippen molar-refractivity contribution in [3.05, 3.63) is 64.8 Å². The van der Waals surface area contributed by atoms with Crippen LogP contribution in [0.15, 0.2) is 58.0 Å². The summed E-state index contributed by atoms with van der Waals surface area (Å²) in [6.45, 7) is 2.01. The van der Waals surface area contributed by atoms with Gasteiger partial charge >= 0.3 is 5.63 Å². The minimum Gasteiger partial charge on any atom is -0.497 e. The molecule has 0 bridgehead atoms. The van der Waals surface area contributed by atoms with Crippen LogP contribution in [0.4, 0.5) is 0 Å². The van der Waals surface area contributed by atoms with Crippen molar-refractivity contribution < 1.29 is 9.15 Å². The second-order valence-corrected chi connectivity index (χ2v) is 5.45. The fraction of sp³-hybridized carbons (Fsp3) is 0.111. The van der Waals surface area contributed by atoms with Gasteiger partial charge in [0.25, 0.3) is 0 Å². The Balaban J connectivity index is 1.95. The first-order valence-electron chi connectivity index (χ1n) is 7.22. The van der Waals surface area contributed by atoms with Crippen molar-refractivity contribution in [1.29, 1.82) is 0 Å². The van der Waals surface area contributed by atoms with Crippen LogP contribution < -0.4 is 10.4 Å². The van der Waals surface area contributed by atoms with E-state index in [1.807, 2.05) is 41.9 Å². The maximum absolute atomic E-state index is 12.3. The highest BCUT2D eigenvalue weighted by Gasteiger charge is 2.12. The van der Waals surface area contributed by atoms with Crippen molar-refractivity contribution in [2.24, 2.45) is 0 Å². The number of fused-ring (bicyclic) bond motifs is 2. The minimum absolute atomic E-state index is 0.400. The number of aryl methyl sites for hydroxylation is 1. The standard InChI is InChI=1S/C18H14N2O3/c1-11-3-6-17-19-15(10-20(17)9-11)14-8-12-7-13(22-2)4-5-16(12)23-18(14)21/h3-10H,1-2H3. The molecule has 0 aliphatic heterocycles. The molecule has 5 heteroatoms. The van der Waals surface area contributed by atoms with Gasteiger partial charge in [-0.15, -0.1) is 0 Å². The zero-order valence-electron chi connectivity index (χ0n) is 12.7. The fourth-order valence-electron chi connectivity index (χ4n) is 2.64. The molecule has 5 nitrogen and oxygen atoms in total. The highest BCUT2D eigenvalue weighted by molar-refractivity contribution is 5.82. The van der Waals surface area contributed by atoms with Gasteiger partial charge in [0, 0.05) is 17.8 Å². The maximum Gasteiger partial charge on any atom is 0.345 e. The molecule has 0 radical (unpaired) electrons. The Kier molecular flexibility index (Phi) is 2.94. The molecule has 23 heavy (non-hydrogen) atoms. The van der Waals surface area contributed by atoms with Crippen LogP contribution in [0.1, 0.15) is 5.56 Å². The van der Waals surface area contributed by atoms with Crippen molar-refractivity contribution in [3.8, 4) is 17.0 Å². The van der Waals surface area contributed by atoms with E-state index < -0.39 is 5.63 Å². The smallest absolute Gasteiger partial charge is 0.345 e. The third-order valence-electron chi connectivity index (χ3n) is 3.81. The zero-order chi connectivity index (χ0) is 16.0. The Labute approximate surface area is 131 Å². The van der Waals surface area contributed by atoms with Gasteiger partial charge in [0.05, 0.1) is 18.4 Å². The number of imidazole rings is 1. The molecule has 0 aliphatic carbocycles. The third-order valence-corrected chi connectivity index (χ3v) is 3.81. The van der Waals surface area contributed by atoms with E-state index >= 15 is 0 Å². The molecular formula is C18H14N2O3. The van der Waals surface area contributed by atoms with E-state index in [2.05, 4.69) is 4.98 Å². The summed E-state index contributed by atoms with van der Waals surface area (Å²) >= 11 is 0. The van der Waals surface area contributed by atoms with Gasteiger partial charge in [-0.25, -0.2) is 9.78 Å². The predicted octanol–water partition coefficient (Wildman–Crippen LogP) is 3.42. The summed E-state index contributed by atoms with van der Waals surface area (Å²) in [5, 5.41) is 0.798. The van der Waals surface area contributed by atoms with Crippen LogP contribution in [0.25, 0.3) is 27.9 Å². The Hall–Kier alpha value is -3.08. The molecule has 1 aromatic carbocycles. The Morgan fingerprint density at radius 3 is 2.83 bits per heavy atom. The molecule has 0 spiro atoms. The SMILES string of the molecule is COc1ccc2oc(=O)c(-c3cn4cc(C)ccc4n3)cc2c1. The van der Waals surface area contributed by atoms with Gasteiger partial charge in [0.15, 0.2) is 0 Å². The van der Waals surface area contributed by atoms with Crippen molar-refractivity contribution in [2.45, 2.75) is 6.92 Å².